The number of hydrogen-bond acceptors (Lipinski definition) is 7. The van der Waals surface area contributed by atoms with Crippen LogP contribution in [0.2, 0.25) is 0 Å². The predicted octanol–water partition coefficient (Wildman–Crippen LogP) is -0.643. The van der Waals surface area contributed by atoms with Crippen LogP contribution in [-0.4, -0.2) is 73.3 Å². The molecule has 20 heavy (non-hydrogen) atoms. The first kappa shape index (κ1) is 13.3. The number of hydrogen-bond donors (Lipinski definition) is 1. The molecule has 1 aromatic rings. The average Bonchev–Trinajstić information content (AvgIpc) is 2.45. The van der Waals surface area contributed by atoms with Gasteiger partial charge in [0.1, 0.15) is 5.82 Å². The Morgan fingerprint density at radius 3 is 2.65 bits per heavy atom. The second kappa shape index (κ2) is 5.72. The summed E-state index contributed by atoms with van der Waals surface area (Å²) in [5.74, 6) is 0.304. The Bertz CT molecular complexity index is 483. The van der Waals surface area contributed by atoms with E-state index in [4.69, 9.17) is 0 Å². The van der Waals surface area contributed by atoms with Crippen LogP contribution in [0.1, 0.15) is 10.5 Å². The van der Waals surface area contributed by atoms with Crippen LogP contribution in [-0.2, 0) is 4.74 Å². The summed E-state index contributed by atoms with van der Waals surface area (Å²) in [6.45, 7) is 6.06. The summed E-state index contributed by atoms with van der Waals surface area (Å²) >= 11 is 0. The highest BCUT2D eigenvalue weighted by Gasteiger charge is 2.28. The fraction of sp³-hybridized carbons (Fsp3) is 0.615. The molecular weight excluding hydrogens is 258 g/mol. The van der Waals surface area contributed by atoms with Gasteiger partial charge in [0.15, 0.2) is 5.69 Å². The molecule has 3 heterocycles. The van der Waals surface area contributed by atoms with Gasteiger partial charge in [0.05, 0.1) is 19.5 Å². The van der Waals surface area contributed by atoms with Gasteiger partial charge in [-0.15, -0.1) is 0 Å². The van der Waals surface area contributed by atoms with Gasteiger partial charge in [0, 0.05) is 45.3 Å². The van der Waals surface area contributed by atoms with Gasteiger partial charge >= 0.3 is 5.97 Å². The summed E-state index contributed by atoms with van der Waals surface area (Å²) < 4.78 is 4.67. The van der Waals surface area contributed by atoms with Crippen molar-refractivity contribution in [2.24, 2.45) is 0 Å². The molecule has 7 nitrogen and oxygen atoms in total. The van der Waals surface area contributed by atoms with Crippen molar-refractivity contribution in [2.45, 2.75) is 6.04 Å². The van der Waals surface area contributed by atoms with E-state index in [0.29, 0.717) is 6.04 Å². The quantitative estimate of drug-likeness (QED) is 0.737. The number of carbonyl (C=O) groups excluding carboxylic acids is 1. The SMILES string of the molecule is COC(=O)c1cncc(N2CCN(C3CNC3)CC2)n1. The van der Waals surface area contributed by atoms with Crippen LogP contribution in [0.4, 0.5) is 5.82 Å². The third-order valence-corrected chi connectivity index (χ3v) is 3.93. The number of esters is 1. The number of ether oxygens (including phenoxy) is 1. The first-order valence-corrected chi connectivity index (χ1v) is 6.88. The zero-order chi connectivity index (χ0) is 13.9. The third-order valence-electron chi connectivity index (χ3n) is 3.93. The van der Waals surface area contributed by atoms with Crippen LogP contribution in [0.5, 0.6) is 0 Å². The molecule has 2 fully saturated rings. The number of rotatable bonds is 3. The minimum atomic E-state index is -0.446. The van der Waals surface area contributed by atoms with Gasteiger partial charge in [-0.2, -0.15) is 0 Å². The lowest BCUT2D eigenvalue weighted by atomic mass is 10.1. The molecule has 0 amide bonds. The average molecular weight is 277 g/mol. The monoisotopic (exact) mass is 277 g/mol. The van der Waals surface area contributed by atoms with Crippen molar-refractivity contribution in [1.29, 1.82) is 0 Å². The van der Waals surface area contributed by atoms with Crippen LogP contribution < -0.4 is 10.2 Å². The van der Waals surface area contributed by atoms with Crippen molar-refractivity contribution < 1.29 is 9.53 Å². The van der Waals surface area contributed by atoms with Gasteiger partial charge in [0.2, 0.25) is 0 Å². The number of nitrogens with one attached hydrogen (secondary N) is 1. The molecule has 0 aromatic carbocycles. The highest BCUT2D eigenvalue weighted by molar-refractivity contribution is 5.87. The molecule has 1 aromatic heterocycles. The molecule has 0 aliphatic carbocycles. The van der Waals surface area contributed by atoms with Crippen molar-refractivity contribution in [2.75, 3.05) is 51.3 Å². The molecule has 0 spiro atoms. The largest absolute Gasteiger partial charge is 0.464 e. The van der Waals surface area contributed by atoms with E-state index in [2.05, 4.69) is 29.8 Å². The van der Waals surface area contributed by atoms with E-state index < -0.39 is 5.97 Å². The molecule has 0 radical (unpaired) electrons. The van der Waals surface area contributed by atoms with Crippen molar-refractivity contribution in [3.8, 4) is 0 Å². The van der Waals surface area contributed by atoms with Crippen LogP contribution >= 0.6 is 0 Å². The summed E-state index contributed by atoms with van der Waals surface area (Å²) in [5, 5.41) is 3.30. The van der Waals surface area contributed by atoms with Crippen LogP contribution in [0, 0.1) is 0 Å². The van der Waals surface area contributed by atoms with Gasteiger partial charge in [-0.3, -0.25) is 9.88 Å². The standard InChI is InChI=1S/C13H19N5O2/c1-20-13(19)11-8-15-9-12(16-11)18-4-2-17(3-5-18)10-6-14-7-10/h8-10,14H,2-7H2,1H3. The van der Waals surface area contributed by atoms with E-state index in [1.54, 1.807) is 6.20 Å². The number of nitrogens with zero attached hydrogens (tertiary/aromatic N) is 4. The molecule has 1 N–H and O–H groups in total. The van der Waals surface area contributed by atoms with E-state index in [0.717, 1.165) is 45.1 Å². The zero-order valence-electron chi connectivity index (χ0n) is 11.6. The smallest absolute Gasteiger partial charge is 0.358 e. The Morgan fingerprint density at radius 2 is 2.05 bits per heavy atom. The summed E-state index contributed by atoms with van der Waals surface area (Å²) in [5.41, 5.74) is 0.260. The van der Waals surface area contributed by atoms with Gasteiger partial charge in [-0.05, 0) is 0 Å². The highest BCUT2D eigenvalue weighted by Crippen LogP contribution is 2.15. The maximum atomic E-state index is 11.5. The van der Waals surface area contributed by atoms with Crippen LogP contribution in [0.15, 0.2) is 12.4 Å². The van der Waals surface area contributed by atoms with E-state index >= 15 is 0 Å². The summed E-state index contributed by atoms with van der Waals surface area (Å²) in [6, 6.07) is 0.685. The normalized spacial score (nSPS) is 20.6. The van der Waals surface area contributed by atoms with Gasteiger partial charge < -0.3 is 15.0 Å². The fourth-order valence-electron chi connectivity index (χ4n) is 2.56. The molecule has 3 rings (SSSR count). The number of carbonyl (C=O) groups is 1. The first-order chi connectivity index (χ1) is 9.78. The lowest BCUT2D eigenvalue weighted by Gasteiger charge is -2.43. The molecule has 0 atom stereocenters. The molecule has 108 valence electrons. The molecule has 2 aliphatic rings. The zero-order valence-corrected chi connectivity index (χ0v) is 11.6. The van der Waals surface area contributed by atoms with Crippen molar-refractivity contribution >= 4 is 11.8 Å². The Labute approximate surface area is 117 Å². The van der Waals surface area contributed by atoms with E-state index in [-0.39, 0.29) is 5.69 Å². The first-order valence-electron chi connectivity index (χ1n) is 6.88. The number of methoxy groups -OCH3 is 1. The second-order valence-electron chi connectivity index (χ2n) is 5.09. The topological polar surface area (TPSA) is 70.6 Å². The van der Waals surface area contributed by atoms with E-state index in [1.165, 1.54) is 13.3 Å². The molecule has 0 bridgehead atoms. The summed E-state index contributed by atoms with van der Waals surface area (Å²) in [6.07, 6.45) is 3.14. The molecule has 0 unspecified atom stereocenters. The van der Waals surface area contributed by atoms with Crippen molar-refractivity contribution in [3.05, 3.63) is 18.1 Å². The second-order valence-corrected chi connectivity index (χ2v) is 5.09. The van der Waals surface area contributed by atoms with Crippen LogP contribution in [0.3, 0.4) is 0 Å². The van der Waals surface area contributed by atoms with Crippen molar-refractivity contribution in [1.82, 2.24) is 20.2 Å². The number of anilines is 1. The van der Waals surface area contributed by atoms with E-state index in [1.807, 2.05) is 0 Å². The Hall–Kier alpha value is -1.73. The maximum Gasteiger partial charge on any atom is 0.358 e. The molecule has 2 saturated heterocycles. The van der Waals surface area contributed by atoms with Crippen molar-refractivity contribution in [3.63, 3.8) is 0 Å². The summed E-state index contributed by atoms with van der Waals surface area (Å²) in [4.78, 5) is 24.6. The van der Waals surface area contributed by atoms with Gasteiger partial charge in [-0.1, -0.05) is 0 Å². The molecule has 0 saturated carbocycles. The minimum Gasteiger partial charge on any atom is -0.464 e. The predicted molar refractivity (Wildman–Crippen MR) is 73.8 cm³/mol. The maximum absolute atomic E-state index is 11.5. The Kier molecular flexibility index (Phi) is 3.79. The lowest BCUT2D eigenvalue weighted by molar-refractivity contribution is 0.0593. The Morgan fingerprint density at radius 1 is 1.30 bits per heavy atom. The van der Waals surface area contributed by atoms with Crippen LogP contribution in [0.25, 0.3) is 0 Å². The number of aromatic nitrogens is 2. The Balaban J connectivity index is 1.63. The minimum absolute atomic E-state index is 0.260. The van der Waals surface area contributed by atoms with Gasteiger partial charge in [0.25, 0.3) is 0 Å². The summed E-state index contributed by atoms with van der Waals surface area (Å²) in [7, 11) is 1.35. The lowest BCUT2D eigenvalue weighted by Crippen LogP contribution is -2.61. The molecule has 7 heteroatoms. The molecule has 2 aliphatic heterocycles. The number of piperazine rings is 1. The fourth-order valence-corrected chi connectivity index (χ4v) is 2.56. The van der Waals surface area contributed by atoms with E-state index in [9.17, 15) is 4.79 Å². The highest BCUT2D eigenvalue weighted by atomic mass is 16.5. The van der Waals surface area contributed by atoms with Gasteiger partial charge in [-0.25, -0.2) is 9.78 Å². The molecular formula is C13H19N5O2. The third kappa shape index (κ3) is 2.59.